The summed E-state index contributed by atoms with van der Waals surface area (Å²) >= 11 is 7.55. The average molecular weight is 566 g/mol. The van der Waals surface area contributed by atoms with E-state index in [0.29, 0.717) is 5.39 Å². The summed E-state index contributed by atoms with van der Waals surface area (Å²) in [5.74, 6) is -2.15. The Morgan fingerprint density at radius 2 is 2.08 bits per heavy atom. The van der Waals surface area contributed by atoms with Gasteiger partial charge in [-0.05, 0) is 35.8 Å². The predicted molar refractivity (Wildman–Crippen MR) is 139 cm³/mol. The third kappa shape index (κ3) is 4.62. The summed E-state index contributed by atoms with van der Waals surface area (Å²) in [6.45, 7) is -0.311. The van der Waals surface area contributed by atoms with E-state index < -0.39 is 29.6 Å². The maximum atomic E-state index is 14.2. The number of nitrogens with one attached hydrogen (secondary N) is 3. The zero-order valence-corrected chi connectivity index (χ0v) is 21.3. The number of amides is 3. The van der Waals surface area contributed by atoms with E-state index in [0.717, 1.165) is 4.70 Å². The van der Waals surface area contributed by atoms with Crippen LogP contribution in [0.5, 0.6) is 0 Å². The summed E-state index contributed by atoms with van der Waals surface area (Å²) in [5.41, 5.74) is 0.649. The van der Waals surface area contributed by atoms with Gasteiger partial charge >= 0.3 is 0 Å². The first-order valence-electron chi connectivity index (χ1n) is 11.6. The van der Waals surface area contributed by atoms with Gasteiger partial charge in [0.2, 0.25) is 17.6 Å². The first-order valence-corrected chi connectivity index (χ1v) is 12.7. The minimum Gasteiger partial charge on any atom is -0.447 e. The van der Waals surface area contributed by atoms with Crippen LogP contribution in [0, 0.1) is 5.82 Å². The van der Waals surface area contributed by atoms with Crippen LogP contribution in [0.3, 0.4) is 0 Å². The number of rotatable bonds is 6. The van der Waals surface area contributed by atoms with E-state index in [1.165, 1.54) is 46.8 Å². The molecule has 3 N–H and O–H groups in total. The second kappa shape index (κ2) is 9.93. The van der Waals surface area contributed by atoms with Crippen molar-refractivity contribution in [3.8, 4) is 0 Å². The van der Waals surface area contributed by atoms with Crippen molar-refractivity contribution in [3.05, 3.63) is 94.4 Å². The van der Waals surface area contributed by atoms with E-state index in [1.54, 1.807) is 12.1 Å². The molecule has 0 spiro atoms. The molecule has 6 rings (SSSR count). The largest absolute Gasteiger partial charge is 0.447 e. The van der Waals surface area contributed by atoms with Crippen LogP contribution in [0.2, 0.25) is 5.02 Å². The highest BCUT2D eigenvalue weighted by Crippen LogP contribution is 2.36. The molecule has 196 valence electrons. The van der Waals surface area contributed by atoms with E-state index >= 15 is 0 Å². The van der Waals surface area contributed by atoms with Crippen LogP contribution in [0.25, 0.3) is 10.1 Å². The molecule has 0 bridgehead atoms. The highest BCUT2D eigenvalue weighted by atomic mass is 35.5. The molecule has 1 atom stereocenters. The number of nitrogens with zero attached hydrogens (tertiary/aromatic N) is 4. The molecule has 14 heteroatoms. The molecule has 4 heterocycles. The molecule has 5 aromatic rings. The molecule has 0 aliphatic carbocycles. The van der Waals surface area contributed by atoms with Crippen molar-refractivity contribution in [1.82, 2.24) is 29.5 Å². The minimum atomic E-state index is -1.02. The molecule has 39 heavy (non-hydrogen) atoms. The molecule has 3 aromatic heterocycles. The fourth-order valence-electron chi connectivity index (χ4n) is 4.35. The van der Waals surface area contributed by atoms with E-state index in [1.807, 2.05) is 12.1 Å². The van der Waals surface area contributed by atoms with Gasteiger partial charge in [-0.2, -0.15) is 4.37 Å². The second-order valence-electron chi connectivity index (χ2n) is 8.51. The first-order chi connectivity index (χ1) is 18.9. The smallest absolute Gasteiger partial charge is 0.287 e. The fraction of sp³-hybridized carbons (Fsp3) is 0.120. The molecule has 0 radical (unpaired) electrons. The molecule has 0 saturated heterocycles. The number of oxazole rings is 1. The summed E-state index contributed by atoms with van der Waals surface area (Å²) in [6, 6.07) is 9.95. The van der Waals surface area contributed by atoms with Crippen LogP contribution in [0.1, 0.15) is 44.3 Å². The maximum Gasteiger partial charge on any atom is 0.287 e. The lowest BCUT2D eigenvalue weighted by Crippen LogP contribution is -2.41. The van der Waals surface area contributed by atoms with E-state index in [-0.39, 0.29) is 52.6 Å². The van der Waals surface area contributed by atoms with Crippen LogP contribution < -0.4 is 16.0 Å². The average Bonchev–Trinajstić information content (AvgIpc) is 3.67. The van der Waals surface area contributed by atoms with Crippen molar-refractivity contribution in [1.29, 1.82) is 0 Å². The van der Waals surface area contributed by atoms with Gasteiger partial charge in [-0.15, -0.1) is 0 Å². The normalized spacial score (nSPS) is 14.6. The Hall–Kier alpha value is -4.62. The van der Waals surface area contributed by atoms with Crippen LogP contribution >= 0.6 is 23.1 Å². The number of carbonyl (C=O) groups is 3. The predicted octanol–water partition coefficient (Wildman–Crippen LogP) is 3.67. The van der Waals surface area contributed by atoms with E-state index in [9.17, 15) is 18.8 Å². The monoisotopic (exact) mass is 565 g/mol. The number of aromatic nitrogens is 4. The molecule has 11 nitrogen and oxygen atoms in total. The zero-order chi connectivity index (χ0) is 27.1. The molecule has 0 fully saturated rings. The Morgan fingerprint density at radius 3 is 2.90 bits per heavy atom. The highest BCUT2D eigenvalue weighted by molar-refractivity contribution is 7.13. The Bertz CT molecular complexity index is 1750. The van der Waals surface area contributed by atoms with E-state index in [4.69, 9.17) is 16.0 Å². The Labute approximate surface area is 228 Å². The van der Waals surface area contributed by atoms with Crippen LogP contribution in [-0.2, 0) is 17.9 Å². The van der Waals surface area contributed by atoms with Gasteiger partial charge in [0.25, 0.3) is 11.8 Å². The van der Waals surface area contributed by atoms with Crippen molar-refractivity contribution in [2.45, 2.75) is 19.1 Å². The van der Waals surface area contributed by atoms with Crippen LogP contribution in [0.4, 0.5) is 10.2 Å². The molecule has 1 aliphatic rings. The standard InChI is InChI=1S/C25H17ClFN7O4S/c26-15-6-5-12(27)9-14(15)19-21-22(32-24(36)20-13-3-1-2-4-16(13)39-33-20)31-23(34(21)11-17(35)30-19)25(37)29-10-18-28-7-8-38-18/h1-9,19H,10-11H2,(H,29,37)(H,30,35)(H,32,36). The van der Waals surface area contributed by atoms with Gasteiger partial charge in [-0.3, -0.25) is 14.4 Å². The molecular weight excluding hydrogens is 549 g/mol. The lowest BCUT2D eigenvalue weighted by molar-refractivity contribution is -0.123. The number of imidazole rings is 1. The SMILES string of the molecule is O=C1Cn2c(C(=O)NCc3ncco3)nc(NC(=O)c3nsc4ccccc34)c2C(c2cc(F)ccc2Cl)N1. The number of carbonyl (C=O) groups excluding carboxylic acids is 3. The number of halogens is 2. The summed E-state index contributed by atoms with van der Waals surface area (Å²) in [6.07, 6.45) is 2.80. The first kappa shape index (κ1) is 24.7. The summed E-state index contributed by atoms with van der Waals surface area (Å²) in [5, 5.41) is 8.96. The number of hydrogen-bond acceptors (Lipinski definition) is 8. The quantitative estimate of drug-likeness (QED) is 0.285. The molecule has 1 unspecified atom stereocenters. The second-order valence-corrected chi connectivity index (χ2v) is 9.72. The van der Waals surface area contributed by atoms with Gasteiger partial charge in [0.1, 0.15) is 24.3 Å². The third-order valence-electron chi connectivity index (χ3n) is 6.07. The third-order valence-corrected chi connectivity index (χ3v) is 7.24. The Morgan fingerprint density at radius 1 is 1.23 bits per heavy atom. The minimum absolute atomic E-state index is 0.0105. The summed E-state index contributed by atoms with van der Waals surface area (Å²) in [4.78, 5) is 47.6. The number of hydrogen-bond donors (Lipinski definition) is 3. The summed E-state index contributed by atoms with van der Waals surface area (Å²) < 4.78 is 25.9. The molecule has 2 aromatic carbocycles. The van der Waals surface area contributed by atoms with Crippen LogP contribution in [0.15, 0.2) is 59.3 Å². The van der Waals surface area contributed by atoms with Gasteiger partial charge in [-0.1, -0.05) is 29.8 Å². The molecule has 0 saturated carbocycles. The van der Waals surface area contributed by atoms with Gasteiger partial charge in [-0.25, -0.2) is 14.4 Å². The lowest BCUT2D eigenvalue weighted by atomic mass is 10.0. The Balaban J connectivity index is 1.43. The highest BCUT2D eigenvalue weighted by Gasteiger charge is 2.36. The van der Waals surface area contributed by atoms with Crippen molar-refractivity contribution >= 4 is 56.8 Å². The van der Waals surface area contributed by atoms with Gasteiger partial charge < -0.3 is 24.9 Å². The van der Waals surface area contributed by atoms with Crippen molar-refractivity contribution in [2.24, 2.45) is 0 Å². The lowest BCUT2D eigenvalue weighted by Gasteiger charge is -2.28. The maximum absolute atomic E-state index is 14.2. The van der Waals surface area contributed by atoms with Crippen LogP contribution in [-0.4, -0.2) is 36.6 Å². The van der Waals surface area contributed by atoms with Crippen molar-refractivity contribution in [2.75, 3.05) is 5.32 Å². The van der Waals surface area contributed by atoms with Gasteiger partial charge in [0.05, 0.1) is 29.2 Å². The summed E-state index contributed by atoms with van der Waals surface area (Å²) in [7, 11) is 0. The van der Waals surface area contributed by atoms with Crippen molar-refractivity contribution in [3.63, 3.8) is 0 Å². The Kier molecular flexibility index (Phi) is 6.29. The van der Waals surface area contributed by atoms with Gasteiger partial charge in [0.15, 0.2) is 5.82 Å². The van der Waals surface area contributed by atoms with E-state index in [2.05, 4.69) is 30.3 Å². The van der Waals surface area contributed by atoms with Crippen molar-refractivity contribution < 1.29 is 23.2 Å². The number of fused-ring (bicyclic) bond motifs is 2. The number of benzene rings is 2. The molecule has 1 aliphatic heterocycles. The van der Waals surface area contributed by atoms with Gasteiger partial charge in [0, 0.05) is 16.0 Å². The number of anilines is 1. The fourth-order valence-corrected chi connectivity index (χ4v) is 5.35. The molecular formula is C25H17ClFN7O4S. The molecule has 3 amide bonds. The zero-order valence-electron chi connectivity index (χ0n) is 19.8. The topological polar surface area (TPSA) is 144 Å².